The Balaban J connectivity index is 1.81. The molecule has 0 fully saturated rings. The van der Waals surface area contributed by atoms with E-state index in [1.54, 1.807) is 43.3 Å². The van der Waals surface area contributed by atoms with Gasteiger partial charge in [0.25, 0.3) is 15.9 Å². The predicted molar refractivity (Wildman–Crippen MR) is 119 cm³/mol. The third kappa shape index (κ3) is 4.63. The zero-order valence-electron chi connectivity index (χ0n) is 17.7. The van der Waals surface area contributed by atoms with Crippen LogP contribution in [0.3, 0.4) is 0 Å². The van der Waals surface area contributed by atoms with Crippen LogP contribution in [0.4, 0.5) is 0 Å². The van der Waals surface area contributed by atoms with Crippen LogP contribution in [0.15, 0.2) is 53.4 Å². The minimum Gasteiger partial charge on any atom is -0.357 e. The molecule has 0 radical (unpaired) electrons. The molecule has 3 amide bonds. The molecule has 170 valence electrons. The Kier molecular flexibility index (Phi) is 7.20. The van der Waals surface area contributed by atoms with Crippen molar-refractivity contribution in [1.82, 2.24) is 14.5 Å². The second-order valence-electron chi connectivity index (χ2n) is 7.31. The summed E-state index contributed by atoms with van der Waals surface area (Å²) in [4.78, 5) is 39.5. The number of carbonyl (C=O) groups excluding carboxylic acids is 3. The van der Waals surface area contributed by atoms with E-state index in [1.165, 1.54) is 24.1 Å². The number of hydrogen-bond donors (Lipinski definition) is 1. The number of nitrogens with zero attached hydrogens (tertiary/aromatic N) is 2. The van der Waals surface area contributed by atoms with E-state index in [4.69, 9.17) is 11.6 Å². The van der Waals surface area contributed by atoms with Crippen LogP contribution >= 0.6 is 11.6 Å². The molecule has 1 heterocycles. The number of amides is 3. The van der Waals surface area contributed by atoms with Crippen LogP contribution in [0.2, 0.25) is 5.02 Å². The third-order valence-electron chi connectivity index (χ3n) is 5.34. The first-order valence-corrected chi connectivity index (χ1v) is 11.9. The standard InChI is InChI=1S/C22H24ClN3O5S/c1-3-18(21(28)24-2)25(14-15-8-10-16(23)11-9-15)20(27)12-13-26-22(29)17-6-4-5-7-19(17)32(26,30)31/h4-11,18H,3,12-14H2,1-2H3,(H,24,28)/t18-/m0/s1. The number of carbonyl (C=O) groups is 3. The summed E-state index contributed by atoms with van der Waals surface area (Å²) in [6, 6.07) is 12.1. The molecular formula is C22H24ClN3O5S. The van der Waals surface area contributed by atoms with Crippen LogP contribution in [0.5, 0.6) is 0 Å². The van der Waals surface area contributed by atoms with Gasteiger partial charge < -0.3 is 10.2 Å². The Bertz CT molecular complexity index is 1130. The Morgan fingerprint density at radius 1 is 1.12 bits per heavy atom. The van der Waals surface area contributed by atoms with Crippen LogP contribution in [-0.4, -0.2) is 55.0 Å². The number of nitrogens with one attached hydrogen (secondary N) is 1. The van der Waals surface area contributed by atoms with Gasteiger partial charge in [0.05, 0.1) is 5.56 Å². The van der Waals surface area contributed by atoms with Crippen molar-refractivity contribution in [3.05, 3.63) is 64.7 Å². The van der Waals surface area contributed by atoms with Crippen LogP contribution in [0.25, 0.3) is 0 Å². The second kappa shape index (κ2) is 9.70. The zero-order valence-corrected chi connectivity index (χ0v) is 19.3. The van der Waals surface area contributed by atoms with Crippen molar-refractivity contribution in [2.24, 2.45) is 0 Å². The van der Waals surface area contributed by atoms with Crippen molar-refractivity contribution >= 4 is 39.3 Å². The fraction of sp³-hybridized carbons (Fsp3) is 0.318. The maximum atomic E-state index is 13.2. The number of benzene rings is 2. The zero-order chi connectivity index (χ0) is 23.5. The summed E-state index contributed by atoms with van der Waals surface area (Å²) in [5, 5.41) is 3.10. The minimum atomic E-state index is -4.01. The van der Waals surface area contributed by atoms with Gasteiger partial charge >= 0.3 is 0 Å². The van der Waals surface area contributed by atoms with Gasteiger partial charge in [-0.2, -0.15) is 0 Å². The summed E-state index contributed by atoms with van der Waals surface area (Å²) in [7, 11) is -2.52. The largest absolute Gasteiger partial charge is 0.357 e. The van der Waals surface area contributed by atoms with Gasteiger partial charge in [-0.1, -0.05) is 42.8 Å². The smallest absolute Gasteiger partial charge is 0.269 e. The van der Waals surface area contributed by atoms with Crippen molar-refractivity contribution in [2.75, 3.05) is 13.6 Å². The molecule has 0 unspecified atom stereocenters. The Morgan fingerprint density at radius 3 is 2.38 bits per heavy atom. The molecule has 0 saturated heterocycles. The summed E-state index contributed by atoms with van der Waals surface area (Å²) >= 11 is 5.94. The Morgan fingerprint density at radius 2 is 1.78 bits per heavy atom. The highest BCUT2D eigenvalue weighted by Gasteiger charge is 2.41. The van der Waals surface area contributed by atoms with E-state index in [0.29, 0.717) is 11.4 Å². The molecule has 0 aliphatic carbocycles. The summed E-state index contributed by atoms with van der Waals surface area (Å²) in [6.07, 6.45) is 0.116. The predicted octanol–water partition coefficient (Wildman–Crippen LogP) is 2.43. The summed E-state index contributed by atoms with van der Waals surface area (Å²) < 4.78 is 26.2. The Hall–Kier alpha value is -2.91. The number of halogens is 1. The lowest BCUT2D eigenvalue weighted by atomic mass is 10.1. The first-order valence-electron chi connectivity index (χ1n) is 10.1. The van der Waals surface area contributed by atoms with E-state index in [-0.39, 0.29) is 35.9 Å². The van der Waals surface area contributed by atoms with Crippen LogP contribution in [0, 0.1) is 0 Å². The highest BCUT2D eigenvalue weighted by Crippen LogP contribution is 2.30. The van der Waals surface area contributed by atoms with Gasteiger partial charge in [-0.15, -0.1) is 0 Å². The van der Waals surface area contributed by atoms with Gasteiger partial charge in [0.1, 0.15) is 10.9 Å². The summed E-state index contributed by atoms with van der Waals surface area (Å²) in [5.74, 6) is -1.42. The summed E-state index contributed by atoms with van der Waals surface area (Å²) in [6.45, 7) is 1.62. The van der Waals surface area contributed by atoms with E-state index in [1.807, 2.05) is 0 Å². The molecule has 1 atom stereocenters. The summed E-state index contributed by atoms with van der Waals surface area (Å²) in [5.41, 5.74) is 0.858. The molecular weight excluding hydrogens is 454 g/mol. The number of hydrogen-bond acceptors (Lipinski definition) is 5. The SMILES string of the molecule is CC[C@@H](C(=O)NC)N(Cc1ccc(Cl)cc1)C(=O)CCN1C(=O)c2ccccc2S1(=O)=O. The molecule has 10 heteroatoms. The maximum absolute atomic E-state index is 13.2. The monoisotopic (exact) mass is 477 g/mol. The van der Waals surface area contributed by atoms with Gasteiger partial charge in [0.15, 0.2) is 0 Å². The van der Waals surface area contributed by atoms with Crippen molar-refractivity contribution in [1.29, 1.82) is 0 Å². The quantitative estimate of drug-likeness (QED) is 0.628. The molecule has 0 aromatic heterocycles. The molecule has 32 heavy (non-hydrogen) atoms. The van der Waals surface area contributed by atoms with Gasteiger partial charge in [-0.25, -0.2) is 12.7 Å². The number of sulfonamides is 1. The van der Waals surface area contributed by atoms with Crippen molar-refractivity contribution in [3.63, 3.8) is 0 Å². The maximum Gasteiger partial charge on any atom is 0.269 e. The molecule has 0 saturated carbocycles. The number of fused-ring (bicyclic) bond motifs is 1. The molecule has 0 bridgehead atoms. The van der Waals surface area contributed by atoms with Crippen molar-refractivity contribution in [3.8, 4) is 0 Å². The molecule has 2 aromatic rings. The molecule has 0 spiro atoms. The van der Waals surface area contributed by atoms with Crippen molar-refractivity contribution in [2.45, 2.75) is 37.2 Å². The number of likely N-dealkylation sites (N-methyl/N-ethyl adjacent to an activating group) is 1. The van der Waals surface area contributed by atoms with Crippen LogP contribution < -0.4 is 5.32 Å². The highest BCUT2D eigenvalue weighted by atomic mass is 35.5. The Labute approximate surface area is 192 Å². The fourth-order valence-electron chi connectivity index (χ4n) is 3.67. The highest BCUT2D eigenvalue weighted by molar-refractivity contribution is 7.90. The lowest BCUT2D eigenvalue weighted by Gasteiger charge is -2.30. The molecule has 1 N–H and O–H groups in total. The molecule has 3 rings (SSSR count). The van der Waals surface area contributed by atoms with E-state index in [9.17, 15) is 22.8 Å². The first-order chi connectivity index (χ1) is 15.2. The molecule has 8 nitrogen and oxygen atoms in total. The van der Waals surface area contributed by atoms with Crippen LogP contribution in [-0.2, 0) is 26.2 Å². The first kappa shape index (κ1) is 23.7. The van der Waals surface area contributed by atoms with Crippen molar-refractivity contribution < 1.29 is 22.8 Å². The third-order valence-corrected chi connectivity index (χ3v) is 7.43. The van der Waals surface area contributed by atoms with Gasteiger partial charge in [0, 0.05) is 31.6 Å². The minimum absolute atomic E-state index is 0.0627. The molecule has 1 aliphatic heterocycles. The average molecular weight is 478 g/mol. The van der Waals surface area contributed by atoms with Gasteiger partial charge in [0.2, 0.25) is 11.8 Å². The fourth-order valence-corrected chi connectivity index (χ4v) is 5.36. The molecule has 2 aromatic carbocycles. The lowest BCUT2D eigenvalue weighted by molar-refractivity contribution is -0.141. The topological polar surface area (TPSA) is 104 Å². The van der Waals surface area contributed by atoms with Crippen LogP contribution in [0.1, 0.15) is 35.7 Å². The van der Waals surface area contributed by atoms with Gasteiger partial charge in [-0.3, -0.25) is 14.4 Å². The molecule has 1 aliphatic rings. The lowest BCUT2D eigenvalue weighted by Crippen LogP contribution is -2.49. The van der Waals surface area contributed by atoms with E-state index >= 15 is 0 Å². The van der Waals surface area contributed by atoms with Gasteiger partial charge in [-0.05, 0) is 36.2 Å². The van der Waals surface area contributed by atoms with E-state index < -0.39 is 27.9 Å². The van der Waals surface area contributed by atoms with E-state index in [2.05, 4.69) is 5.32 Å². The second-order valence-corrected chi connectivity index (χ2v) is 9.58. The number of rotatable bonds is 8. The average Bonchev–Trinajstić information content (AvgIpc) is 2.98. The van der Waals surface area contributed by atoms with E-state index in [0.717, 1.165) is 9.87 Å². The normalized spacial score (nSPS) is 15.2.